The van der Waals surface area contributed by atoms with Crippen LogP contribution in [0.15, 0.2) is 27.8 Å². The highest BCUT2D eigenvalue weighted by Crippen LogP contribution is 2.29. The summed E-state index contributed by atoms with van der Waals surface area (Å²) in [5.41, 5.74) is -0.526. The van der Waals surface area contributed by atoms with Crippen LogP contribution in [0.1, 0.15) is 0 Å². The molecule has 0 amide bonds. The molecule has 0 atom stereocenters. The van der Waals surface area contributed by atoms with E-state index in [1.165, 1.54) is 18.2 Å². The van der Waals surface area contributed by atoms with Crippen LogP contribution in [-0.4, -0.2) is 25.0 Å². The van der Waals surface area contributed by atoms with Crippen molar-refractivity contribution in [2.45, 2.75) is 0 Å². The Morgan fingerprint density at radius 3 is 2.74 bits per heavy atom. The van der Waals surface area contributed by atoms with Crippen LogP contribution in [0.4, 0.5) is 0 Å². The number of phenols is 1. The molecule has 2 heterocycles. The second-order valence-corrected chi connectivity index (χ2v) is 4.29. The average Bonchev–Trinajstić information content (AvgIpc) is 2.76. The van der Waals surface area contributed by atoms with Gasteiger partial charge in [-0.25, -0.2) is 9.78 Å². The third-order valence-corrected chi connectivity index (χ3v) is 2.92. The first-order valence-corrected chi connectivity index (χ1v) is 5.63. The van der Waals surface area contributed by atoms with E-state index in [1.54, 1.807) is 0 Å². The maximum atomic E-state index is 11.6. The van der Waals surface area contributed by atoms with Gasteiger partial charge in [0.2, 0.25) is 0 Å². The number of nitrogens with one attached hydrogen (secondary N) is 3. The normalized spacial score (nSPS) is 11.0. The second-order valence-electron chi connectivity index (χ2n) is 3.88. The SMILES string of the molecule is O=c1[nH]c(=O)c2[nH]c(-c3cc(O)ccc3Cl)nc2[nH]1. The summed E-state index contributed by atoms with van der Waals surface area (Å²) >= 11 is 6.00. The van der Waals surface area contributed by atoms with E-state index in [0.717, 1.165) is 0 Å². The van der Waals surface area contributed by atoms with E-state index in [0.29, 0.717) is 10.6 Å². The molecule has 3 rings (SSSR count). The van der Waals surface area contributed by atoms with Crippen LogP contribution in [0.3, 0.4) is 0 Å². The summed E-state index contributed by atoms with van der Waals surface area (Å²) in [5.74, 6) is 0.297. The van der Waals surface area contributed by atoms with Crippen molar-refractivity contribution >= 4 is 22.8 Å². The number of aromatic nitrogens is 4. The number of aromatic hydroxyl groups is 1. The van der Waals surface area contributed by atoms with Gasteiger partial charge in [-0.2, -0.15) is 0 Å². The Labute approximate surface area is 109 Å². The van der Waals surface area contributed by atoms with E-state index in [4.69, 9.17) is 11.6 Å². The van der Waals surface area contributed by atoms with Gasteiger partial charge in [-0.1, -0.05) is 11.6 Å². The summed E-state index contributed by atoms with van der Waals surface area (Å²) in [7, 11) is 0. The molecule has 8 heteroatoms. The highest BCUT2D eigenvalue weighted by atomic mass is 35.5. The molecule has 0 fully saturated rings. The smallest absolute Gasteiger partial charge is 0.327 e. The van der Waals surface area contributed by atoms with Gasteiger partial charge in [0.25, 0.3) is 5.56 Å². The number of benzene rings is 1. The standard InChI is InChI=1S/C11H7ClN4O3/c12-6-2-1-4(17)3-5(6)8-13-7-9(14-8)15-11(19)16-10(7)18/h1-3,17H,(H3,13,14,15,16,18,19). The third-order valence-electron chi connectivity index (χ3n) is 2.59. The van der Waals surface area contributed by atoms with Crippen LogP contribution in [0.2, 0.25) is 5.02 Å². The van der Waals surface area contributed by atoms with Crippen LogP contribution in [-0.2, 0) is 0 Å². The fourth-order valence-electron chi connectivity index (χ4n) is 1.75. The van der Waals surface area contributed by atoms with Crippen molar-refractivity contribution in [3.63, 3.8) is 0 Å². The zero-order valence-electron chi connectivity index (χ0n) is 9.32. The van der Waals surface area contributed by atoms with Crippen LogP contribution >= 0.6 is 11.6 Å². The molecule has 0 bridgehead atoms. The molecule has 0 aliphatic carbocycles. The van der Waals surface area contributed by atoms with Crippen LogP contribution in [0.5, 0.6) is 5.75 Å². The number of hydrogen-bond acceptors (Lipinski definition) is 4. The Balaban J connectivity index is 2.32. The molecular weight excluding hydrogens is 272 g/mol. The maximum Gasteiger partial charge on any atom is 0.327 e. The molecule has 0 unspecified atom stereocenters. The number of aromatic amines is 3. The van der Waals surface area contributed by atoms with Gasteiger partial charge in [-0.15, -0.1) is 0 Å². The predicted octanol–water partition coefficient (Wildman–Crippen LogP) is 0.966. The Hall–Kier alpha value is -2.54. The first-order valence-electron chi connectivity index (χ1n) is 5.26. The lowest BCUT2D eigenvalue weighted by molar-refractivity contribution is 0.475. The van der Waals surface area contributed by atoms with Crippen molar-refractivity contribution in [2.75, 3.05) is 0 Å². The lowest BCUT2D eigenvalue weighted by Crippen LogP contribution is -2.21. The van der Waals surface area contributed by atoms with Gasteiger partial charge >= 0.3 is 5.69 Å². The first-order chi connectivity index (χ1) is 9.04. The Bertz CT molecular complexity index is 893. The summed E-state index contributed by atoms with van der Waals surface area (Å²) in [4.78, 5) is 34.0. The predicted molar refractivity (Wildman–Crippen MR) is 69.4 cm³/mol. The van der Waals surface area contributed by atoms with Crippen molar-refractivity contribution < 1.29 is 5.11 Å². The lowest BCUT2D eigenvalue weighted by atomic mass is 10.2. The van der Waals surface area contributed by atoms with Crippen LogP contribution in [0.25, 0.3) is 22.6 Å². The zero-order valence-corrected chi connectivity index (χ0v) is 10.1. The molecule has 0 radical (unpaired) electrons. The summed E-state index contributed by atoms with van der Waals surface area (Å²) in [6.07, 6.45) is 0. The maximum absolute atomic E-state index is 11.6. The molecule has 0 spiro atoms. The Morgan fingerprint density at radius 1 is 1.16 bits per heavy atom. The van der Waals surface area contributed by atoms with E-state index in [-0.39, 0.29) is 22.7 Å². The number of phenolic OH excluding ortho intramolecular Hbond substituents is 1. The van der Waals surface area contributed by atoms with E-state index < -0.39 is 11.2 Å². The summed E-state index contributed by atoms with van der Waals surface area (Å²) < 4.78 is 0. The third kappa shape index (κ3) is 1.89. The molecule has 3 aromatic rings. The molecule has 19 heavy (non-hydrogen) atoms. The van der Waals surface area contributed by atoms with Gasteiger partial charge in [-0.05, 0) is 18.2 Å². The fourth-order valence-corrected chi connectivity index (χ4v) is 1.96. The van der Waals surface area contributed by atoms with Gasteiger partial charge < -0.3 is 10.1 Å². The summed E-state index contributed by atoms with van der Waals surface area (Å²) in [6.45, 7) is 0. The van der Waals surface area contributed by atoms with Crippen molar-refractivity contribution in [1.82, 2.24) is 19.9 Å². The molecule has 0 saturated carbocycles. The van der Waals surface area contributed by atoms with Crippen LogP contribution < -0.4 is 11.2 Å². The Kier molecular flexibility index (Phi) is 2.42. The summed E-state index contributed by atoms with van der Waals surface area (Å²) in [6, 6.07) is 4.35. The molecule has 2 aromatic heterocycles. The fraction of sp³-hybridized carbons (Fsp3) is 0. The number of nitrogens with zero attached hydrogens (tertiary/aromatic N) is 1. The van der Waals surface area contributed by atoms with E-state index in [2.05, 4.69) is 19.9 Å². The molecule has 1 aromatic carbocycles. The van der Waals surface area contributed by atoms with Gasteiger partial charge in [0, 0.05) is 5.56 Å². The van der Waals surface area contributed by atoms with E-state index >= 15 is 0 Å². The van der Waals surface area contributed by atoms with Gasteiger partial charge in [0.1, 0.15) is 17.1 Å². The monoisotopic (exact) mass is 278 g/mol. The van der Waals surface area contributed by atoms with Crippen molar-refractivity contribution in [3.05, 3.63) is 44.1 Å². The minimum Gasteiger partial charge on any atom is -0.508 e. The number of imidazole rings is 1. The summed E-state index contributed by atoms with van der Waals surface area (Å²) in [5, 5.41) is 9.80. The number of halogens is 1. The minimum absolute atomic E-state index is 0.0160. The minimum atomic E-state index is -0.641. The highest BCUT2D eigenvalue weighted by molar-refractivity contribution is 6.33. The molecular formula is C11H7ClN4O3. The zero-order chi connectivity index (χ0) is 13.6. The van der Waals surface area contributed by atoms with Gasteiger partial charge in [-0.3, -0.25) is 14.8 Å². The molecule has 96 valence electrons. The first kappa shape index (κ1) is 11.5. The quantitative estimate of drug-likeness (QED) is 0.531. The van der Waals surface area contributed by atoms with Gasteiger partial charge in [0.05, 0.1) is 5.02 Å². The number of hydrogen-bond donors (Lipinski definition) is 4. The molecule has 0 saturated heterocycles. The van der Waals surface area contributed by atoms with Crippen molar-refractivity contribution in [1.29, 1.82) is 0 Å². The topological polar surface area (TPSA) is 115 Å². The second kappa shape index (κ2) is 3.99. The van der Waals surface area contributed by atoms with Gasteiger partial charge in [0.15, 0.2) is 5.65 Å². The highest BCUT2D eigenvalue weighted by Gasteiger charge is 2.12. The lowest BCUT2D eigenvalue weighted by Gasteiger charge is -2.00. The Morgan fingerprint density at radius 2 is 1.95 bits per heavy atom. The van der Waals surface area contributed by atoms with Crippen molar-refractivity contribution in [2.24, 2.45) is 0 Å². The largest absolute Gasteiger partial charge is 0.508 e. The number of fused-ring (bicyclic) bond motifs is 1. The average molecular weight is 279 g/mol. The number of H-pyrrole nitrogens is 3. The van der Waals surface area contributed by atoms with E-state index in [1.807, 2.05) is 0 Å². The molecule has 7 nitrogen and oxygen atoms in total. The molecule has 4 N–H and O–H groups in total. The molecule has 0 aliphatic heterocycles. The van der Waals surface area contributed by atoms with Crippen molar-refractivity contribution in [3.8, 4) is 17.1 Å². The van der Waals surface area contributed by atoms with E-state index in [9.17, 15) is 14.7 Å². The molecule has 0 aliphatic rings. The van der Waals surface area contributed by atoms with Crippen LogP contribution in [0, 0.1) is 0 Å². The number of rotatable bonds is 1.